The van der Waals surface area contributed by atoms with Gasteiger partial charge in [-0.05, 0) is 47.0 Å². The number of rotatable bonds is 3. The van der Waals surface area contributed by atoms with Crippen molar-refractivity contribution in [2.24, 2.45) is 0 Å². The van der Waals surface area contributed by atoms with Crippen molar-refractivity contribution >= 4 is 23.2 Å². The average molecular weight is 321 g/mol. The zero-order chi connectivity index (χ0) is 14.8. The molecular formula is C14H9Cl2F3O. The molecule has 0 aromatic heterocycles. The van der Waals surface area contributed by atoms with Crippen molar-refractivity contribution < 1.29 is 17.9 Å². The first-order chi connectivity index (χ1) is 9.37. The SMILES string of the molecule is FC(F)(F)Oc1ccc(-c2cc(Cl)cc(CCl)c2)cc1. The monoisotopic (exact) mass is 320 g/mol. The van der Waals surface area contributed by atoms with Gasteiger partial charge in [-0.15, -0.1) is 24.8 Å². The Kier molecular flexibility index (Phi) is 4.45. The molecule has 0 aliphatic heterocycles. The van der Waals surface area contributed by atoms with Crippen molar-refractivity contribution in [2.45, 2.75) is 12.2 Å². The van der Waals surface area contributed by atoms with Crippen molar-refractivity contribution in [1.82, 2.24) is 0 Å². The molecule has 0 radical (unpaired) electrons. The van der Waals surface area contributed by atoms with Crippen LogP contribution in [0.4, 0.5) is 13.2 Å². The van der Waals surface area contributed by atoms with Crippen LogP contribution in [0.2, 0.25) is 5.02 Å². The number of hydrogen-bond donors (Lipinski definition) is 0. The van der Waals surface area contributed by atoms with Crippen molar-refractivity contribution in [1.29, 1.82) is 0 Å². The van der Waals surface area contributed by atoms with E-state index in [2.05, 4.69) is 4.74 Å². The standard InChI is InChI=1S/C14H9Cl2F3O/c15-8-9-5-11(7-12(16)6-9)10-1-3-13(4-2-10)20-14(17,18)19/h1-7H,8H2. The van der Waals surface area contributed by atoms with Gasteiger partial charge in [0.2, 0.25) is 0 Å². The van der Waals surface area contributed by atoms with Crippen LogP contribution in [0.5, 0.6) is 5.75 Å². The lowest BCUT2D eigenvalue weighted by molar-refractivity contribution is -0.274. The number of ether oxygens (including phenoxy) is 1. The van der Waals surface area contributed by atoms with Gasteiger partial charge in [-0.25, -0.2) is 0 Å². The molecule has 0 unspecified atom stereocenters. The topological polar surface area (TPSA) is 9.23 Å². The summed E-state index contributed by atoms with van der Waals surface area (Å²) in [6.45, 7) is 0. The lowest BCUT2D eigenvalue weighted by Gasteiger charge is -2.10. The fraction of sp³-hybridized carbons (Fsp3) is 0.143. The summed E-state index contributed by atoms with van der Waals surface area (Å²) in [6, 6.07) is 10.9. The number of halogens is 5. The molecule has 0 N–H and O–H groups in total. The van der Waals surface area contributed by atoms with Gasteiger partial charge >= 0.3 is 6.36 Å². The van der Waals surface area contributed by atoms with E-state index in [9.17, 15) is 13.2 Å². The van der Waals surface area contributed by atoms with Crippen LogP contribution in [0.1, 0.15) is 5.56 Å². The maximum atomic E-state index is 12.1. The van der Waals surface area contributed by atoms with Crippen molar-refractivity contribution in [2.75, 3.05) is 0 Å². The zero-order valence-corrected chi connectivity index (χ0v) is 11.6. The number of alkyl halides is 4. The van der Waals surface area contributed by atoms with E-state index in [1.165, 1.54) is 24.3 Å². The fourth-order valence-electron chi connectivity index (χ4n) is 1.74. The van der Waals surface area contributed by atoms with Gasteiger partial charge in [0.15, 0.2) is 0 Å². The normalized spacial score (nSPS) is 11.4. The predicted molar refractivity (Wildman–Crippen MR) is 73.1 cm³/mol. The number of hydrogen-bond acceptors (Lipinski definition) is 1. The lowest BCUT2D eigenvalue weighted by Crippen LogP contribution is -2.16. The molecule has 0 saturated carbocycles. The molecule has 0 aliphatic carbocycles. The molecule has 2 aromatic carbocycles. The molecule has 0 bridgehead atoms. The summed E-state index contributed by atoms with van der Waals surface area (Å²) in [5.41, 5.74) is 2.35. The first-order valence-electron chi connectivity index (χ1n) is 5.59. The van der Waals surface area contributed by atoms with Crippen LogP contribution in [0.25, 0.3) is 11.1 Å². The second-order valence-corrected chi connectivity index (χ2v) is 4.76. The van der Waals surface area contributed by atoms with Gasteiger partial charge in [-0.1, -0.05) is 23.7 Å². The highest BCUT2D eigenvalue weighted by Gasteiger charge is 2.30. The molecule has 2 aromatic rings. The Labute approximate surface area is 123 Å². The molecule has 0 fully saturated rings. The molecule has 0 saturated heterocycles. The fourth-order valence-corrected chi connectivity index (χ4v) is 2.16. The third kappa shape index (κ3) is 4.05. The van der Waals surface area contributed by atoms with E-state index in [1.54, 1.807) is 12.1 Å². The molecular weight excluding hydrogens is 312 g/mol. The largest absolute Gasteiger partial charge is 0.573 e. The van der Waals surface area contributed by atoms with E-state index in [4.69, 9.17) is 23.2 Å². The molecule has 2 rings (SSSR count). The summed E-state index contributed by atoms with van der Waals surface area (Å²) in [7, 11) is 0. The third-order valence-electron chi connectivity index (χ3n) is 2.53. The summed E-state index contributed by atoms with van der Waals surface area (Å²) in [4.78, 5) is 0. The van der Waals surface area contributed by atoms with Gasteiger partial charge in [0, 0.05) is 10.9 Å². The molecule has 0 heterocycles. The minimum atomic E-state index is -4.69. The molecule has 0 spiro atoms. The summed E-state index contributed by atoms with van der Waals surface area (Å²) in [6.07, 6.45) is -4.69. The van der Waals surface area contributed by atoms with Gasteiger partial charge in [0.25, 0.3) is 0 Å². The van der Waals surface area contributed by atoms with Crippen LogP contribution < -0.4 is 4.74 Å². The Morgan fingerprint density at radius 2 is 1.60 bits per heavy atom. The van der Waals surface area contributed by atoms with E-state index in [0.29, 0.717) is 10.9 Å². The van der Waals surface area contributed by atoms with Crippen LogP contribution in [-0.2, 0) is 5.88 Å². The number of benzene rings is 2. The summed E-state index contributed by atoms with van der Waals surface area (Å²) < 4.78 is 40.0. The molecule has 106 valence electrons. The molecule has 6 heteroatoms. The highest BCUT2D eigenvalue weighted by molar-refractivity contribution is 6.31. The second-order valence-electron chi connectivity index (χ2n) is 4.05. The highest BCUT2D eigenvalue weighted by atomic mass is 35.5. The van der Waals surface area contributed by atoms with Gasteiger partial charge in [-0.3, -0.25) is 0 Å². The van der Waals surface area contributed by atoms with Gasteiger partial charge < -0.3 is 4.74 Å². The van der Waals surface area contributed by atoms with E-state index in [-0.39, 0.29) is 5.75 Å². The van der Waals surface area contributed by atoms with Gasteiger partial charge in [0.05, 0.1) is 0 Å². The Hall–Kier alpha value is -1.39. The predicted octanol–water partition coefficient (Wildman–Crippen LogP) is 5.64. The van der Waals surface area contributed by atoms with E-state index in [0.717, 1.165) is 16.7 Å². The van der Waals surface area contributed by atoms with Crippen LogP contribution in [0.3, 0.4) is 0 Å². The second kappa shape index (κ2) is 5.94. The van der Waals surface area contributed by atoms with E-state index < -0.39 is 6.36 Å². The highest BCUT2D eigenvalue weighted by Crippen LogP contribution is 2.29. The first-order valence-corrected chi connectivity index (χ1v) is 6.50. The molecule has 0 amide bonds. The van der Waals surface area contributed by atoms with Gasteiger partial charge in [0.1, 0.15) is 5.75 Å². The van der Waals surface area contributed by atoms with Crippen molar-refractivity contribution in [3.05, 3.63) is 53.1 Å². The minimum absolute atomic E-state index is 0.263. The van der Waals surface area contributed by atoms with Crippen molar-refractivity contribution in [3.8, 4) is 16.9 Å². The Morgan fingerprint density at radius 3 is 2.15 bits per heavy atom. The maximum absolute atomic E-state index is 12.1. The van der Waals surface area contributed by atoms with Crippen LogP contribution >= 0.6 is 23.2 Å². The lowest BCUT2D eigenvalue weighted by atomic mass is 10.0. The Morgan fingerprint density at radius 1 is 0.950 bits per heavy atom. The van der Waals surface area contributed by atoms with E-state index >= 15 is 0 Å². The Balaban J connectivity index is 2.28. The zero-order valence-electron chi connectivity index (χ0n) is 10.0. The van der Waals surface area contributed by atoms with Crippen LogP contribution in [0.15, 0.2) is 42.5 Å². The summed E-state index contributed by atoms with van der Waals surface area (Å²) in [5, 5.41) is 0.522. The van der Waals surface area contributed by atoms with Gasteiger partial charge in [-0.2, -0.15) is 0 Å². The Bertz CT molecular complexity index is 594. The molecule has 0 aliphatic rings. The van der Waals surface area contributed by atoms with Crippen LogP contribution in [0, 0.1) is 0 Å². The first kappa shape index (κ1) is 15.0. The maximum Gasteiger partial charge on any atom is 0.573 e. The quantitative estimate of drug-likeness (QED) is 0.664. The van der Waals surface area contributed by atoms with Crippen molar-refractivity contribution in [3.63, 3.8) is 0 Å². The molecule has 1 nitrogen and oxygen atoms in total. The van der Waals surface area contributed by atoms with Crippen LogP contribution in [-0.4, -0.2) is 6.36 Å². The smallest absolute Gasteiger partial charge is 0.406 e. The third-order valence-corrected chi connectivity index (χ3v) is 3.06. The van der Waals surface area contributed by atoms with E-state index in [1.807, 2.05) is 6.07 Å². The summed E-state index contributed by atoms with van der Waals surface area (Å²) >= 11 is 11.7. The molecule has 20 heavy (non-hydrogen) atoms. The summed E-state index contributed by atoms with van der Waals surface area (Å²) in [5.74, 6) is 0.0453. The average Bonchev–Trinajstić information content (AvgIpc) is 2.37. The minimum Gasteiger partial charge on any atom is -0.406 e. The molecule has 0 atom stereocenters.